The molecule has 2 nitrogen and oxygen atoms in total. The molecule has 0 aliphatic rings. The monoisotopic (exact) mass is 199 g/mol. The first-order valence-electron chi connectivity index (χ1n) is 4.66. The van der Waals surface area contributed by atoms with E-state index in [9.17, 15) is 0 Å². The highest BCUT2D eigenvalue weighted by atomic mass is 35.5. The second-order valence-electron chi connectivity index (χ2n) is 4.04. The van der Waals surface area contributed by atoms with Gasteiger partial charge in [0.15, 0.2) is 0 Å². The Morgan fingerprint density at radius 3 is 2.46 bits per heavy atom. The van der Waals surface area contributed by atoms with E-state index in [-0.39, 0.29) is 0 Å². The molecule has 0 amide bonds. The molecule has 73 valence electrons. The van der Waals surface area contributed by atoms with Gasteiger partial charge in [0.1, 0.15) is 6.20 Å². The average Bonchev–Trinajstić information content (AvgIpc) is 2.30. The van der Waals surface area contributed by atoms with E-state index in [1.54, 1.807) is 0 Å². The van der Waals surface area contributed by atoms with Crippen molar-refractivity contribution in [2.24, 2.45) is 5.92 Å². The fraction of sp³-hybridized carbons (Fsp3) is 0.700. The summed E-state index contributed by atoms with van der Waals surface area (Å²) >= 11 is 5.98. The molecule has 3 heteroatoms. The summed E-state index contributed by atoms with van der Waals surface area (Å²) in [6.45, 7) is 9.48. The fourth-order valence-electron chi connectivity index (χ4n) is 1.37. The zero-order valence-electron chi connectivity index (χ0n) is 8.63. The van der Waals surface area contributed by atoms with E-state index in [1.807, 2.05) is 4.68 Å². The quantitative estimate of drug-likeness (QED) is 0.732. The Balaban J connectivity index is 2.94. The van der Waals surface area contributed by atoms with Crippen LogP contribution in [-0.2, 0) is 6.54 Å². The van der Waals surface area contributed by atoms with Crippen LogP contribution in [0, 0.1) is 12.1 Å². The minimum Gasteiger partial charge on any atom is -0.267 e. The molecule has 0 fully saturated rings. The molecule has 0 aromatic carbocycles. The summed E-state index contributed by atoms with van der Waals surface area (Å²) in [5, 5.41) is 4.80. The highest BCUT2D eigenvalue weighted by Gasteiger charge is 2.13. The van der Waals surface area contributed by atoms with Crippen LogP contribution >= 0.6 is 11.6 Å². The molecule has 1 rings (SSSR count). The Hall–Kier alpha value is -0.500. The molecular formula is C10H16ClN2. The number of halogens is 1. The molecule has 0 unspecified atom stereocenters. The minimum atomic E-state index is 0.407. The Morgan fingerprint density at radius 1 is 1.38 bits per heavy atom. The third-order valence-corrected chi connectivity index (χ3v) is 2.13. The van der Waals surface area contributed by atoms with Gasteiger partial charge in [0.2, 0.25) is 0 Å². The van der Waals surface area contributed by atoms with Crippen LogP contribution in [0.15, 0.2) is 0 Å². The molecule has 1 aromatic rings. The van der Waals surface area contributed by atoms with Crippen molar-refractivity contribution in [2.75, 3.05) is 0 Å². The van der Waals surface area contributed by atoms with Gasteiger partial charge in [-0.25, -0.2) is 0 Å². The lowest BCUT2D eigenvalue weighted by atomic mass is 10.1. The number of hydrogen-bond acceptors (Lipinski definition) is 1. The molecule has 0 N–H and O–H groups in total. The molecule has 0 saturated carbocycles. The minimum absolute atomic E-state index is 0.407. The zero-order valence-corrected chi connectivity index (χ0v) is 9.39. The van der Waals surface area contributed by atoms with Gasteiger partial charge in [0, 0.05) is 6.54 Å². The molecule has 0 aliphatic heterocycles. The van der Waals surface area contributed by atoms with Crippen LogP contribution in [0.1, 0.15) is 39.3 Å². The van der Waals surface area contributed by atoms with Crippen LogP contribution in [0.3, 0.4) is 0 Å². The molecular weight excluding hydrogens is 184 g/mol. The number of aromatic nitrogens is 2. The van der Waals surface area contributed by atoms with Gasteiger partial charge in [-0.3, -0.25) is 4.68 Å². The summed E-state index contributed by atoms with van der Waals surface area (Å²) < 4.78 is 1.96. The van der Waals surface area contributed by atoms with Crippen LogP contribution < -0.4 is 0 Å². The summed E-state index contributed by atoms with van der Waals surface area (Å²) in [7, 11) is 0. The molecule has 0 spiro atoms. The molecule has 1 aromatic heterocycles. The number of rotatable bonds is 3. The lowest BCUT2D eigenvalue weighted by molar-refractivity contribution is 0.461. The maximum Gasteiger partial charge on any atom is 0.133 e. The number of hydrogen-bond donors (Lipinski definition) is 0. The van der Waals surface area contributed by atoms with Gasteiger partial charge in [-0.15, -0.1) is 0 Å². The van der Waals surface area contributed by atoms with Gasteiger partial charge >= 0.3 is 0 Å². The summed E-state index contributed by atoms with van der Waals surface area (Å²) in [6, 6.07) is 0. The van der Waals surface area contributed by atoms with Gasteiger partial charge in [-0.05, 0) is 11.8 Å². The first-order chi connectivity index (χ1) is 6.02. The van der Waals surface area contributed by atoms with Gasteiger partial charge in [0.25, 0.3) is 0 Å². The SMILES string of the molecule is CC(C)Cn1n[c]c(Cl)c1C(C)C. The van der Waals surface area contributed by atoms with Gasteiger partial charge in [-0.1, -0.05) is 39.3 Å². The average molecular weight is 200 g/mol. The largest absolute Gasteiger partial charge is 0.267 e. The van der Waals surface area contributed by atoms with E-state index in [0.29, 0.717) is 16.9 Å². The Kier molecular flexibility index (Phi) is 3.37. The molecule has 13 heavy (non-hydrogen) atoms. The number of nitrogens with zero attached hydrogens (tertiary/aromatic N) is 2. The lowest BCUT2D eigenvalue weighted by Crippen LogP contribution is -2.10. The van der Waals surface area contributed by atoms with Crippen molar-refractivity contribution in [2.45, 2.75) is 40.2 Å². The molecule has 0 aliphatic carbocycles. The molecule has 0 saturated heterocycles. The summed E-state index contributed by atoms with van der Waals surface area (Å²) in [6.07, 6.45) is 2.80. The van der Waals surface area contributed by atoms with E-state index in [0.717, 1.165) is 12.2 Å². The van der Waals surface area contributed by atoms with Crippen molar-refractivity contribution < 1.29 is 0 Å². The third kappa shape index (κ3) is 2.47. The second kappa shape index (κ2) is 4.14. The normalized spacial score (nSPS) is 11.6. The van der Waals surface area contributed by atoms with Crippen molar-refractivity contribution in [1.29, 1.82) is 0 Å². The lowest BCUT2D eigenvalue weighted by Gasteiger charge is -2.12. The second-order valence-corrected chi connectivity index (χ2v) is 4.42. The van der Waals surface area contributed by atoms with Crippen molar-refractivity contribution in [3.8, 4) is 0 Å². The van der Waals surface area contributed by atoms with E-state index in [1.165, 1.54) is 0 Å². The van der Waals surface area contributed by atoms with Crippen LogP contribution in [0.2, 0.25) is 5.02 Å². The zero-order chi connectivity index (χ0) is 10.0. The molecule has 1 radical (unpaired) electrons. The first kappa shape index (κ1) is 10.6. The Bertz CT molecular complexity index is 276. The smallest absolute Gasteiger partial charge is 0.133 e. The first-order valence-corrected chi connectivity index (χ1v) is 5.04. The van der Waals surface area contributed by atoms with E-state index in [4.69, 9.17) is 11.6 Å². The predicted molar refractivity (Wildman–Crippen MR) is 55.0 cm³/mol. The third-order valence-electron chi connectivity index (χ3n) is 1.86. The predicted octanol–water partition coefficient (Wildman–Crippen LogP) is 3.12. The summed E-state index contributed by atoms with van der Waals surface area (Å²) in [5.74, 6) is 0.992. The highest BCUT2D eigenvalue weighted by molar-refractivity contribution is 6.31. The van der Waals surface area contributed by atoms with Crippen LogP contribution in [0.4, 0.5) is 0 Å². The summed E-state index contributed by atoms with van der Waals surface area (Å²) in [4.78, 5) is 0. The standard InChI is InChI=1S/C10H16ClN2/c1-7(2)6-13-10(8(3)4)9(11)5-12-13/h7-8H,6H2,1-4H3. The van der Waals surface area contributed by atoms with Crippen LogP contribution in [0.25, 0.3) is 0 Å². The van der Waals surface area contributed by atoms with Gasteiger partial charge < -0.3 is 0 Å². The van der Waals surface area contributed by atoms with Crippen molar-refractivity contribution in [3.63, 3.8) is 0 Å². The summed E-state index contributed by atoms with van der Waals surface area (Å²) in [5.41, 5.74) is 1.09. The molecule has 0 atom stereocenters. The van der Waals surface area contributed by atoms with Crippen LogP contribution in [0.5, 0.6) is 0 Å². The Morgan fingerprint density at radius 2 is 2.00 bits per heavy atom. The van der Waals surface area contributed by atoms with Crippen LogP contribution in [-0.4, -0.2) is 9.78 Å². The fourth-order valence-corrected chi connectivity index (χ4v) is 1.72. The van der Waals surface area contributed by atoms with E-state index < -0.39 is 0 Å². The van der Waals surface area contributed by atoms with Crippen molar-refractivity contribution >= 4 is 11.6 Å². The van der Waals surface area contributed by atoms with E-state index in [2.05, 4.69) is 39.0 Å². The molecule has 0 bridgehead atoms. The Labute approximate surface area is 84.9 Å². The molecule has 1 heterocycles. The van der Waals surface area contributed by atoms with Crippen molar-refractivity contribution in [1.82, 2.24) is 9.78 Å². The van der Waals surface area contributed by atoms with Gasteiger partial charge in [-0.2, -0.15) is 5.10 Å². The maximum atomic E-state index is 5.98. The highest BCUT2D eigenvalue weighted by Crippen LogP contribution is 2.23. The maximum absolute atomic E-state index is 5.98. The topological polar surface area (TPSA) is 17.8 Å². The van der Waals surface area contributed by atoms with Crippen molar-refractivity contribution in [3.05, 3.63) is 16.9 Å². The van der Waals surface area contributed by atoms with Gasteiger partial charge in [0.05, 0.1) is 10.7 Å². The van der Waals surface area contributed by atoms with E-state index >= 15 is 0 Å².